The van der Waals surface area contributed by atoms with Crippen LogP contribution in [-0.4, -0.2) is 16.8 Å². The fourth-order valence-electron chi connectivity index (χ4n) is 3.89. The Morgan fingerprint density at radius 1 is 0.588 bits per heavy atom. The summed E-state index contributed by atoms with van der Waals surface area (Å²) in [5.74, 6) is 1.36. The number of ether oxygens (including phenoxy) is 1. The molecule has 0 aliphatic carbocycles. The van der Waals surface area contributed by atoms with E-state index in [2.05, 4.69) is 42.5 Å². The molecule has 3 heteroatoms. The second-order valence-electron chi connectivity index (χ2n) is 8.37. The summed E-state index contributed by atoms with van der Waals surface area (Å²) in [7, 11) is 0. The Kier molecular flexibility index (Phi) is 8.02. The van der Waals surface area contributed by atoms with Crippen LogP contribution in [0.15, 0.2) is 97.1 Å². The Hall–Kier alpha value is -3.98. The van der Waals surface area contributed by atoms with Gasteiger partial charge in [0.15, 0.2) is 0 Å². The zero-order chi connectivity index (χ0) is 23.6. The zero-order valence-electron chi connectivity index (χ0n) is 19.2. The number of rotatable bonds is 10. The minimum absolute atomic E-state index is 0.256. The second-order valence-corrected chi connectivity index (χ2v) is 8.37. The van der Waals surface area contributed by atoms with Crippen LogP contribution in [0, 0.1) is 0 Å². The van der Waals surface area contributed by atoms with Gasteiger partial charge in [-0.3, -0.25) is 0 Å². The molecule has 4 rings (SSSR count). The standard InChI is InChI=1S/C31H30O3/c32-29-19-14-25(15-20-29)21-22-34-31-23-26(10-6-9-24-7-2-1-3-8-24)13-16-28(31)18-17-27-11-4-5-12-30(27)33/h1-5,7-8,11-20,23,32-33H,6,9-10,21-22H2/b18-17+. The van der Waals surface area contributed by atoms with Gasteiger partial charge >= 0.3 is 0 Å². The Morgan fingerprint density at radius 2 is 1.24 bits per heavy atom. The van der Waals surface area contributed by atoms with Crippen LogP contribution >= 0.6 is 0 Å². The Labute approximate surface area is 201 Å². The molecule has 0 saturated heterocycles. The average molecular weight is 451 g/mol. The monoisotopic (exact) mass is 450 g/mol. The Morgan fingerprint density at radius 3 is 2.03 bits per heavy atom. The highest BCUT2D eigenvalue weighted by Crippen LogP contribution is 2.26. The molecule has 0 spiro atoms. The molecule has 0 bridgehead atoms. The van der Waals surface area contributed by atoms with Gasteiger partial charge in [-0.1, -0.05) is 84.9 Å². The molecule has 34 heavy (non-hydrogen) atoms. The molecule has 0 saturated carbocycles. The van der Waals surface area contributed by atoms with Crippen LogP contribution in [-0.2, 0) is 19.3 Å². The zero-order valence-corrected chi connectivity index (χ0v) is 19.2. The van der Waals surface area contributed by atoms with E-state index < -0.39 is 0 Å². The molecular weight excluding hydrogens is 420 g/mol. The minimum atomic E-state index is 0.256. The van der Waals surface area contributed by atoms with Crippen LogP contribution in [0.2, 0.25) is 0 Å². The van der Waals surface area contributed by atoms with E-state index in [1.807, 2.05) is 48.6 Å². The number of para-hydroxylation sites is 1. The Balaban J connectivity index is 1.46. The molecule has 2 N–H and O–H groups in total. The van der Waals surface area contributed by atoms with Crippen LogP contribution in [0.25, 0.3) is 12.2 Å². The van der Waals surface area contributed by atoms with Gasteiger partial charge in [0.1, 0.15) is 17.2 Å². The lowest BCUT2D eigenvalue weighted by Crippen LogP contribution is -2.03. The maximum atomic E-state index is 10.1. The summed E-state index contributed by atoms with van der Waals surface area (Å²) in [5.41, 5.74) is 5.46. The van der Waals surface area contributed by atoms with Crippen LogP contribution in [0.3, 0.4) is 0 Å². The van der Waals surface area contributed by atoms with Crippen molar-refractivity contribution in [3.05, 3.63) is 125 Å². The lowest BCUT2D eigenvalue weighted by molar-refractivity contribution is 0.321. The van der Waals surface area contributed by atoms with Crippen molar-refractivity contribution in [2.45, 2.75) is 25.7 Å². The third-order valence-electron chi connectivity index (χ3n) is 5.82. The van der Waals surface area contributed by atoms with Gasteiger partial charge in [-0.2, -0.15) is 0 Å². The van der Waals surface area contributed by atoms with E-state index in [9.17, 15) is 10.2 Å². The van der Waals surface area contributed by atoms with Crippen molar-refractivity contribution in [3.63, 3.8) is 0 Å². The lowest BCUT2D eigenvalue weighted by atomic mass is 10.0. The highest BCUT2D eigenvalue weighted by molar-refractivity contribution is 5.75. The highest BCUT2D eigenvalue weighted by atomic mass is 16.5. The van der Waals surface area contributed by atoms with Gasteiger partial charge in [0.2, 0.25) is 0 Å². The third kappa shape index (κ3) is 6.76. The molecule has 0 fully saturated rings. The van der Waals surface area contributed by atoms with E-state index >= 15 is 0 Å². The van der Waals surface area contributed by atoms with Gasteiger partial charge in [0.05, 0.1) is 6.61 Å². The van der Waals surface area contributed by atoms with E-state index in [0.29, 0.717) is 6.61 Å². The smallest absolute Gasteiger partial charge is 0.126 e. The van der Waals surface area contributed by atoms with Crippen LogP contribution in [0.4, 0.5) is 0 Å². The fraction of sp³-hybridized carbons (Fsp3) is 0.161. The normalized spacial score (nSPS) is 11.1. The predicted octanol–water partition coefficient (Wildman–Crippen LogP) is 7.07. The van der Waals surface area contributed by atoms with Gasteiger partial charge in [-0.25, -0.2) is 0 Å². The predicted molar refractivity (Wildman–Crippen MR) is 139 cm³/mol. The summed E-state index contributed by atoms with van der Waals surface area (Å²) in [6.45, 7) is 0.537. The first-order chi connectivity index (χ1) is 16.7. The molecule has 172 valence electrons. The second kappa shape index (κ2) is 11.8. The number of aromatic hydroxyl groups is 2. The number of phenols is 2. The summed E-state index contributed by atoms with van der Waals surface area (Å²) >= 11 is 0. The van der Waals surface area contributed by atoms with Crippen molar-refractivity contribution in [2.75, 3.05) is 6.61 Å². The summed E-state index contributed by atoms with van der Waals surface area (Å²) in [5, 5.41) is 19.6. The van der Waals surface area contributed by atoms with Crippen molar-refractivity contribution < 1.29 is 14.9 Å². The molecule has 0 aromatic heterocycles. The quantitative estimate of drug-likeness (QED) is 0.254. The maximum absolute atomic E-state index is 10.1. The van der Waals surface area contributed by atoms with Crippen LogP contribution in [0.1, 0.15) is 34.2 Å². The maximum Gasteiger partial charge on any atom is 0.126 e. The summed E-state index contributed by atoms with van der Waals surface area (Å²) in [4.78, 5) is 0. The molecule has 3 nitrogen and oxygen atoms in total. The first kappa shape index (κ1) is 23.2. The number of hydrogen-bond donors (Lipinski definition) is 2. The van der Waals surface area contributed by atoms with Crippen LogP contribution in [0.5, 0.6) is 17.2 Å². The average Bonchev–Trinajstić information content (AvgIpc) is 2.86. The number of aryl methyl sites for hydroxylation is 2. The summed E-state index contributed by atoms with van der Waals surface area (Å²) in [6, 6.07) is 31.4. The van der Waals surface area contributed by atoms with Gasteiger partial charge in [-0.15, -0.1) is 0 Å². The van der Waals surface area contributed by atoms with Gasteiger partial charge in [0, 0.05) is 17.5 Å². The number of benzene rings is 4. The topological polar surface area (TPSA) is 49.7 Å². The molecule has 0 radical (unpaired) electrons. The van der Waals surface area contributed by atoms with E-state index in [1.165, 1.54) is 11.1 Å². The first-order valence-electron chi connectivity index (χ1n) is 11.7. The van der Waals surface area contributed by atoms with Crippen molar-refractivity contribution in [3.8, 4) is 17.2 Å². The SMILES string of the molecule is Oc1ccc(CCOc2cc(CCCc3ccccc3)ccc2/C=C/c2ccccc2O)cc1. The molecule has 4 aromatic rings. The first-order valence-corrected chi connectivity index (χ1v) is 11.7. The van der Waals surface area contributed by atoms with Crippen molar-refractivity contribution in [1.82, 2.24) is 0 Å². The molecule has 0 amide bonds. The van der Waals surface area contributed by atoms with E-state index in [4.69, 9.17) is 4.74 Å². The Bertz CT molecular complexity index is 1210. The number of phenolic OH excluding ortho intramolecular Hbond substituents is 2. The van der Waals surface area contributed by atoms with Gasteiger partial charge < -0.3 is 14.9 Å². The fourth-order valence-corrected chi connectivity index (χ4v) is 3.89. The van der Waals surface area contributed by atoms with Gasteiger partial charge in [-0.05, 0) is 60.2 Å². The van der Waals surface area contributed by atoms with Crippen molar-refractivity contribution >= 4 is 12.2 Å². The molecule has 0 atom stereocenters. The van der Waals surface area contributed by atoms with Crippen molar-refractivity contribution in [1.29, 1.82) is 0 Å². The summed E-state index contributed by atoms with van der Waals surface area (Å²) < 4.78 is 6.22. The van der Waals surface area contributed by atoms with E-state index in [0.717, 1.165) is 48.1 Å². The highest BCUT2D eigenvalue weighted by Gasteiger charge is 2.06. The van der Waals surface area contributed by atoms with Crippen molar-refractivity contribution in [2.24, 2.45) is 0 Å². The minimum Gasteiger partial charge on any atom is -0.508 e. The third-order valence-corrected chi connectivity index (χ3v) is 5.82. The number of hydrogen-bond acceptors (Lipinski definition) is 3. The summed E-state index contributed by atoms with van der Waals surface area (Å²) in [6.07, 6.45) is 7.75. The molecule has 0 unspecified atom stereocenters. The molecule has 4 aromatic carbocycles. The van der Waals surface area contributed by atoms with Crippen LogP contribution < -0.4 is 4.74 Å². The van der Waals surface area contributed by atoms with Gasteiger partial charge in [0.25, 0.3) is 0 Å². The molecular formula is C31H30O3. The van der Waals surface area contributed by atoms with E-state index in [1.54, 1.807) is 18.2 Å². The molecule has 0 aliphatic heterocycles. The lowest BCUT2D eigenvalue weighted by Gasteiger charge is -2.12. The van der Waals surface area contributed by atoms with E-state index in [-0.39, 0.29) is 11.5 Å². The molecule has 0 heterocycles. The largest absolute Gasteiger partial charge is 0.508 e. The molecule has 0 aliphatic rings.